The Balaban J connectivity index is 1.60. The molecule has 0 spiro atoms. The smallest absolute Gasteiger partial charge is 0.243 e. The van der Waals surface area contributed by atoms with Crippen molar-refractivity contribution < 1.29 is 18.0 Å². The summed E-state index contributed by atoms with van der Waals surface area (Å²) >= 11 is 0. The second-order valence-electron chi connectivity index (χ2n) is 7.91. The molecule has 160 valence electrons. The Morgan fingerprint density at radius 1 is 1.07 bits per heavy atom. The molecule has 0 aromatic heterocycles. The number of carbonyl (C=O) groups excluding carboxylic acids is 2. The first kappa shape index (κ1) is 21.7. The van der Waals surface area contributed by atoms with E-state index in [0.29, 0.717) is 52.1 Å². The molecule has 2 aliphatic heterocycles. The highest BCUT2D eigenvalue weighted by molar-refractivity contribution is 7.89. The van der Waals surface area contributed by atoms with Crippen LogP contribution >= 0.6 is 0 Å². The SMILES string of the molecule is CC(C)NC(=O)CN1CCN(C(=O)C2CCCN2S(=O)(=O)c2ccccc2)CC1. The molecule has 1 aromatic rings. The van der Waals surface area contributed by atoms with Crippen molar-refractivity contribution in [1.29, 1.82) is 0 Å². The van der Waals surface area contributed by atoms with Gasteiger partial charge in [-0.3, -0.25) is 14.5 Å². The average Bonchev–Trinajstić information content (AvgIpc) is 3.19. The molecular weight excluding hydrogens is 392 g/mol. The predicted octanol–water partition coefficient (Wildman–Crippen LogP) is 0.509. The lowest BCUT2D eigenvalue weighted by Crippen LogP contribution is -2.55. The van der Waals surface area contributed by atoms with Crippen LogP contribution in [-0.2, 0) is 19.6 Å². The standard InChI is InChI=1S/C20H30N4O4S/c1-16(2)21-19(25)15-22-11-13-23(14-12-22)20(26)18-9-6-10-24(18)29(27,28)17-7-4-3-5-8-17/h3-5,7-8,16,18H,6,9-15H2,1-2H3,(H,21,25). The Morgan fingerprint density at radius 2 is 1.72 bits per heavy atom. The van der Waals surface area contributed by atoms with Gasteiger partial charge in [0.15, 0.2) is 0 Å². The minimum Gasteiger partial charge on any atom is -0.353 e. The van der Waals surface area contributed by atoms with Crippen molar-refractivity contribution in [2.75, 3.05) is 39.3 Å². The van der Waals surface area contributed by atoms with E-state index in [4.69, 9.17) is 0 Å². The van der Waals surface area contributed by atoms with Crippen LogP contribution in [0.2, 0.25) is 0 Å². The molecule has 0 bridgehead atoms. The maximum atomic E-state index is 13.1. The molecule has 9 heteroatoms. The fourth-order valence-electron chi connectivity index (χ4n) is 3.91. The van der Waals surface area contributed by atoms with Gasteiger partial charge in [0.25, 0.3) is 0 Å². The van der Waals surface area contributed by atoms with Crippen molar-refractivity contribution >= 4 is 21.8 Å². The zero-order valence-electron chi connectivity index (χ0n) is 17.1. The Hall–Kier alpha value is -1.97. The van der Waals surface area contributed by atoms with E-state index in [1.165, 1.54) is 4.31 Å². The van der Waals surface area contributed by atoms with Crippen molar-refractivity contribution in [3.8, 4) is 0 Å². The molecule has 2 saturated heterocycles. The third-order valence-corrected chi connectivity index (χ3v) is 7.26. The van der Waals surface area contributed by atoms with E-state index in [1.54, 1.807) is 35.2 Å². The van der Waals surface area contributed by atoms with Crippen LogP contribution < -0.4 is 5.32 Å². The van der Waals surface area contributed by atoms with E-state index in [9.17, 15) is 18.0 Å². The summed E-state index contributed by atoms with van der Waals surface area (Å²) in [6.07, 6.45) is 1.22. The van der Waals surface area contributed by atoms with Crippen molar-refractivity contribution in [2.24, 2.45) is 0 Å². The van der Waals surface area contributed by atoms with Crippen LogP contribution in [0.1, 0.15) is 26.7 Å². The van der Waals surface area contributed by atoms with Crippen molar-refractivity contribution in [3.63, 3.8) is 0 Å². The number of amides is 2. The second kappa shape index (κ2) is 9.23. The maximum Gasteiger partial charge on any atom is 0.243 e. The summed E-state index contributed by atoms with van der Waals surface area (Å²) in [5, 5.41) is 2.87. The highest BCUT2D eigenvalue weighted by atomic mass is 32.2. The molecule has 0 aliphatic carbocycles. The lowest BCUT2D eigenvalue weighted by Gasteiger charge is -2.36. The number of piperazine rings is 1. The van der Waals surface area contributed by atoms with Crippen LogP contribution in [0.15, 0.2) is 35.2 Å². The number of nitrogens with one attached hydrogen (secondary N) is 1. The van der Waals surface area contributed by atoms with Gasteiger partial charge in [-0.2, -0.15) is 4.31 Å². The van der Waals surface area contributed by atoms with Crippen LogP contribution in [0.5, 0.6) is 0 Å². The second-order valence-corrected chi connectivity index (χ2v) is 9.80. The quantitative estimate of drug-likeness (QED) is 0.721. The minimum absolute atomic E-state index is 0.0179. The lowest BCUT2D eigenvalue weighted by molar-refractivity contribution is -0.136. The molecule has 3 rings (SSSR count). The normalized spacial score (nSPS) is 21.5. The van der Waals surface area contributed by atoms with Gasteiger partial charge < -0.3 is 10.2 Å². The summed E-state index contributed by atoms with van der Waals surface area (Å²) in [5.74, 6) is -0.149. The number of carbonyl (C=O) groups is 2. The van der Waals surface area contributed by atoms with Gasteiger partial charge in [-0.05, 0) is 38.8 Å². The summed E-state index contributed by atoms with van der Waals surface area (Å²) in [7, 11) is -3.69. The van der Waals surface area contributed by atoms with E-state index < -0.39 is 16.1 Å². The van der Waals surface area contributed by atoms with Gasteiger partial charge in [-0.25, -0.2) is 8.42 Å². The average molecular weight is 423 g/mol. The highest BCUT2D eigenvalue weighted by Gasteiger charge is 2.41. The molecule has 8 nitrogen and oxygen atoms in total. The molecule has 2 fully saturated rings. The Labute approximate surface area is 172 Å². The van der Waals surface area contributed by atoms with Crippen LogP contribution in [0.3, 0.4) is 0 Å². The highest BCUT2D eigenvalue weighted by Crippen LogP contribution is 2.27. The lowest BCUT2D eigenvalue weighted by atomic mass is 10.2. The molecule has 0 radical (unpaired) electrons. The van der Waals surface area contributed by atoms with Gasteiger partial charge in [0, 0.05) is 38.8 Å². The van der Waals surface area contributed by atoms with Crippen LogP contribution in [-0.4, -0.2) is 85.7 Å². The summed E-state index contributed by atoms with van der Waals surface area (Å²) < 4.78 is 27.3. The van der Waals surface area contributed by atoms with E-state index in [2.05, 4.69) is 5.32 Å². The third-order valence-electron chi connectivity index (χ3n) is 5.34. The first-order chi connectivity index (χ1) is 13.8. The summed E-state index contributed by atoms with van der Waals surface area (Å²) in [5.41, 5.74) is 0. The molecular formula is C20H30N4O4S. The molecule has 2 aliphatic rings. The number of sulfonamides is 1. The summed E-state index contributed by atoms with van der Waals surface area (Å²) in [4.78, 5) is 29.0. The summed E-state index contributed by atoms with van der Waals surface area (Å²) in [6.45, 7) is 6.75. The van der Waals surface area contributed by atoms with E-state index in [1.807, 2.05) is 18.7 Å². The molecule has 1 atom stereocenters. The monoisotopic (exact) mass is 422 g/mol. The van der Waals surface area contributed by atoms with Gasteiger partial charge in [0.2, 0.25) is 21.8 Å². The number of benzene rings is 1. The molecule has 29 heavy (non-hydrogen) atoms. The fourth-order valence-corrected chi connectivity index (χ4v) is 5.58. The molecule has 2 amide bonds. The molecule has 0 saturated carbocycles. The molecule has 1 unspecified atom stereocenters. The molecule has 1 N–H and O–H groups in total. The van der Waals surface area contributed by atoms with Gasteiger partial charge in [0.1, 0.15) is 6.04 Å². The van der Waals surface area contributed by atoms with Crippen LogP contribution in [0.25, 0.3) is 0 Å². The first-order valence-corrected chi connectivity index (χ1v) is 11.6. The Morgan fingerprint density at radius 3 is 2.34 bits per heavy atom. The third kappa shape index (κ3) is 5.15. The number of hydrogen-bond acceptors (Lipinski definition) is 5. The largest absolute Gasteiger partial charge is 0.353 e. The van der Waals surface area contributed by atoms with Gasteiger partial charge in [0.05, 0.1) is 11.4 Å². The Bertz CT molecular complexity index is 820. The minimum atomic E-state index is -3.69. The zero-order chi connectivity index (χ0) is 21.0. The fraction of sp³-hybridized carbons (Fsp3) is 0.600. The maximum absolute atomic E-state index is 13.1. The van der Waals surface area contributed by atoms with Gasteiger partial charge in [-0.1, -0.05) is 18.2 Å². The molecule has 1 aromatic carbocycles. The van der Waals surface area contributed by atoms with E-state index in [-0.39, 0.29) is 22.8 Å². The zero-order valence-corrected chi connectivity index (χ0v) is 17.9. The van der Waals surface area contributed by atoms with Crippen molar-refractivity contribution in [2.45, 2.75) is 43.7 Å². The Kier molecular flexibility index (Phi) is 6.92. The van der Waals surface area contributed by atoms with E-state index >= 15 is 0 Å². The van der Waals surface area contributed by atoms with Gasteiger partial charge >= 0.3 is 0 Å². The van der Waals surface area contributed by atoms with Crippen LogP contribution in [0, 0.1) is 0 Å². The van der Waals surface area contributed by atoms with Crippen molar-refractivity contribution in [1.82, 2.24) is 19.4 Å². The number of hydrogen-bond donors (Lipinski definition) is 1. The number of rotatable bonds is 6. The van der Waals surface area contributed by atoms with E-state index in [0.717, 1.165) is 0 Å². The predicted molar refractivity (Wildman–Crippen MR) is 110 cm³/mol. The van der Waals surface area contributed by atoms with Gasteiger partial charge in [-0.15, -0.1) is 0 Å². The topological polar surface area (TPSA) is 90.0 Å². The first-order valence-electron chi connectivity index (χ1n) is 10.2. The number of nitrogens with zero attached hydrogens (tertiary/aromatic N) is 3. The van der Waals surface area contributed by atoms with Crippen LogP contribution in [0.4, 0.5) is 0 Å². The summed E-state index contributed by atoms with van der Waals surface area (Å²) in [6, 6.07) is 7.74. The molecule has 2 heterocycles. The van der Waals surface area contributed by atoms with Crippen molar-refractivity contribution in [3.05, 3.63) is 30.3 Å².